The molecule has 1 amide bonds. The summed E-state index contributed by atoms with van der Waals surface area (Å²) in [5.74, 6) is -0.763. The van der Waals surface area contributed by atoms with Crippen LogP contribution in [0.15, 0.2) is 24.3 Å². The molecule has 0 bridgehead atoms. The first-order chi connectivity index (χ1) is 9.79. The van der Waals surface area contributed by atoms with E-state index in [0.29, 0.717) is 13.2 Å². The summed E-state index contributed by atoms with van der Waals surface area (Å²) in [4.78, 5) is 13.7. The zero-order valence-electron chi connectivity index (χ0n) is 12.0. The molecule has 1 aliphatic rings. The smallest absolute Gasteiger partial charge is 0.240 e. The molecule has 1 aromatic rings. The van der Waals surface area contributed by atoms with Gasteiger partial charge in [-0.2, -0.15) is 0 Å². The predicted octanol–water partition coefficient (Wildman–Crippen LogP) is 1.16. The number of carbonyl (C=O) groups is 1. The van der Waals surface area contributed by atoms with Crippen molar-refractivity contribution >= 4 is 15.7 Å². The lowest BCUT2D eigenvalue weighted by Crippen LogP contribution is -2.47. The number of hydrogen-bond acceptors (Lipinski definition) is 4. The Labute approximate surface area is 123 Å². The minimum atomic E-state index is -3.42. The van der Waals surface area contributed by atoms with Crippen LogP contribution in [-0.2, 0) is 19.4 Å². The number of amides is 1. The molecule has 0 radical (unpaired) electrons. The quantitative estimate of drug-likeness (QED) is 0.839. The van der Waals surface area contributed by atoms with Gasteiger partial charge in [-0.05, 0) is 24.6 Å². The molecule has 0 saturated carbocycles. The highest BCUT2D eigenvalue weighted by Gasteiger charge is 2.32. The molecular formula is C14H18FNO4S. The molecule has 2 rings (SSSR count). The summed E-state index contributed by atoms with van der Waals surface area (Å²) < 4.78 is 41.5. The van der Waals surface area contributed by atoms with E-state index in [0.717, 1.165) is 11.8 Å². The van der Waals surface area contributed by atoms with Gasteiger partial charge in [-0.3, -0.25) is 4.79 Å². The van der Waals surface area contributed by atoms with Gasteiger partial charge >= 0.3 is 0 Å². The third-order valence-corrected chi connectivity index (χ3v) is 5.10. The second-order valence-electron chi connectivity index (χ2n) is 5.17. The topological polar surface area (TPSA) is 63.7 Å². The van der Waals surface area contributed by atoms with E-state index in [1.54, 1.807) is 12.1 Å². The first kappa shape index (κ1) is 15.9. The molecule has 1 heterocycles. The first-order valence-corrected chi connectivity index (χ1v) is 8.59. The molecule has 116 valence electrons. The molecule has 1 fully saturated rings. The maximum absolute atomic E-state index is 12.9. The van der Waals surface area contributed by atoms with Crippen molar-refractivity contribution < 1.29 is 22.3 Å². The standard InChI is InChI=1S/C14H18FNO4S/c1-10(21(2,18)19)14(17)16-7-8-20-13(9-16)11-3-5-12(15)6-4-11/h3-6,10,13H,7-9H2,1-2H3/t10-,13-/m1/s1. The molecule has 1 saturated heterocycles. The molecule has 0 N–H and O–H groups in total. The summed E-state index contributed by atoms with van der Waals surface area (Å²) >= 11 is 0. The van der Waals surface area contributed by atoms with E-state index in [2.05, 4.69) is 0 Å². The summed E-state index contributed by atoms with van der Waals surface area (Å²) in [6.45, 7) is 2.34. The molecule has 2 atom stereocenters. The van der Waals surface area contributed by atoms with Crippen LogP contribution in [0.3, 0.4) is 0 Å². The van der Waals surface area contributed by atoms with Crippen molar-refractivity contribution in [1.82, 2.24) is 4.90 Å². The Bertz CT molecular complexity index is 614. The zero-order chi connectivity index (χ0) is 15.6. The first-order valence-electron chi connectivity index (χ1n) is 6.64. The third kappa shape index (κ3) is 3.79. The zero-order valence-corrected chi connectivity index (χ0v) is 12.8. The number of benzene rings is 1. The van der Waals surface area contributed by atoms with Crippen molar-refractivity contribution in [2.24, 2.45) is 0 Å². The number of sulfone groups is 1. The van der Waals surface area contributed by atoms with Crippen molar-refractivity contribution in [2.45, 2.75) is 18.3 Å². The molecule has 7 heteroatoms. The lowest BCUT2D eigenvalue weighted by atomic mass is 10.1. The number of nitrogens with zero attached hydrogens (tertiary/aromatic N) is 1. The molecule has 5 nitrogen and oxygen atoms in total. The third-order valence-electron chi connectivity index (χ3n) is 3.61. The molecule has 1 aromatic carbocycles. The largest absolute Gasteiger partial charge is 0.370 e. The minimum absolute atomic E-state index is 0.268. The van der Waals surface area contributed by atoms with Gasteiger partial charge in [0.15, 0.2) is 9.84 Å². The van der Waals surface area contributed by atoms with Crippen LogP contribution in [0.4, 0.5) is 4.39 Å². The lowest BCUT2D eigenvalue weighted by Gasteiger charge is -2.34. The van der Waals surface area contributed by atoms with Gasteiger partial charge < -0.3 is 9.64 Å². The van der Waals surface area contributed by atoms with Crippen molar-refractivity contribution in [3.63, 3.8) is 0 Å². The van der Waals surface area contributed by atoms with Crippen molar-refractivity contribution in [3.8, 4) is 0 Å². The van der Waals surface area contributed by atoms with Gasteiger partial charge in [-0.25, -0.2) is 12.8 Å². The second-order valence-corrected chi connectivity index (χ2v) is 7.53. The van der Waals surface area contributed by atoms with Crippen LogP contribution >= 0.6 is 0 Å². The molecule has 21 heavy (non-hydrogen) atoms. The fraction of sp³-hybridized carbons (Fsp3) is 0.500. The van der Waals surface area contributed by atoms with E-state index in [-0.39, 0.29) is 18.5 Å². The SMILES string of the molecule is C[C@H](C(=O)N1CCO[C@@H](c2ccc(F)cc2)C1)S(C)(=O)=O. The molecular weight excluding hydrogens is 297 g/mol. The van der Waals surface area contributed by atoms with Crippen molar-refractivity contribution in [2.75, 3.05) is 26.0 Å². The number of morpholine rings is 1. The summed E-state index contributed by atoms with van der Waals surface area (Å²) in [7, 11) is -3.42. The Morgan fingerprint density at radius 2 is 2.00 bits per heavy atom. The van der Waals surface area contributed by atoms with Gasteiger partial charge in [0.2, 0.25) is 5.91 Å². The van der Waals surface area contributed by atoms with E-state index >= 15 is 0 Å². The van der Waals surface area contributed by atoms with Gasteiger partial charge in [0.25, 0.3) is 0 Å². The number of rotatable bonds is 3. The summed E-state index contributed by atoms with van der Waals surface area (Å²) in [6.07, 6.45) is 0.683. The van der Waals surface area contributed by atoms with Gasteiger partial charge in [-0.1, -0.05) is 12.1 Å². The molecule has 1 aliphatic heterocycles. The fourth-order valence-electron chi connectivity index (χ4n) is 2.17. The highest BCUT2D eigenvalue weighted by Crippen LogP contribution is 2.23. The van der Waals surface area contributed by atoms with E-state index < -0.39 is 21.0 Å². The Morgan fingerprint density at radius 3 is 2.57 bits per heavy atom. The maximum Gasteiger partial charge on any atom is 0.240 e. The van der Waals surface area contributed by atoms with E-state index in [1.165, 1.54) is 24.0 Å². The normalized spacial score (nSPS) is 21.1. The van der Waals surface area contributed by atoms with Gasteiger partial charge in [0.05, 0.1) is 13.2 Å². The Morgan fingerprint density at radius 1 is 1.38 bits per heavy atom. The molecule has 0 aromatic heterocycles. The average Bonchev–Trinajstić information content (AvgIpc) is 2.45. The minimum Gasteiger partial charge on any atom is -0.370 e. The number of carbonyl (C=O) groups excluding carboxylic acids is 1. The number of hydrogen-bond donors (Lipinski definition) is 0. The highest BCUT2D eigenvalue weighted by atomic mass is 32.2. The summed E-state index contributed by atoms with van der Waals surface area (Å²) in [5.41, 5.74) is 0.765. The lowest BCUT2D eigenvalue weighted by molar-refractivity contribution is -0.138. The van der Waals surface area contributed by atoms with Crippen molar-refractivity contribution in [3.05, 3.63) is 35.6 Å². The van der Waals surface area contributed by atoms with E-state index in [1.807, 2.05) is 0 Å². The van der Waals surface area contributed by atoms with Crippen LogP contribution in [-0.4, -0.2) is 50.4 Å². The predicted molar refractivity (Wildman–Crippen MR) is 76.0 cm³/mol. The van der Waals surface area contributed by atoms with Gasteiger partial charge in [-0.15, -0.1) is 0 Å². The monoisotopic (exact) mass is 315 g/mol. The van der Waals surface area contributed by atoms with E-state index in [9.17, 15) is 17.6 Å². The Balaban J connectivity index is 2.10. The summed E-state index contributed by atoms with van der Waals surface area (Å²) in [5, 5.41) is -1.07. The van der Waals surface area contributed by atoms with Crippen LogP contribution in [0.1, 0.15) is 18.6 Å². The Kier molecular flexibility index (Phi) is 4.63. The second kappa shape index (κ2) is 6.11. The number of halogens is 1. The molecule has 0 spiro atoms. The molecule has 0 unspecified atom stereocenters. The summed E-state index contributed by atoms with van der Waals surface area (Å²) in [6, 6.07) is 5.87. The average molecular weight is 315 g/mol. The van der Waals surface area contributed by atoms with Crippen molar-refractivity contribution in [1.29, 1.82) is 0 Å². The van der Waals surface area contributed by atoms with Crippen LogP contribution in [0.25, 0.3) is 0 Å². The van der Waals surface area contributed by atoms with Crippen LogP contribution in [0.2, 0.25) is 0 Å². The van der Waals surface area contributed by atoms with Crippen LogP contribution in [0.5, 0.6) is 0 Å². The number of ether oxygens (including phenoxy) is 1. The Hall–Kier alpha value is -1.47. The molecule has 0 aliphatic carbocycles. The van der Waals surface area contributed by atoms with E-state index in [4.69, 9.17) is 4.74 Å². The van der Waals surface area contributed by atoms with Crippen LogP contribution in [0, 0.1) is 5.82 Å². The fourth-order valence-corrected chi connectivity index (χ4v) is 2.68. The van der Waals surface area contributed by atoms with Crippen LogP contribution < -0.4 is 0 Å². The maximum atomic E-state index is 12.9. The van der Waals surface area contributed by atoms with Gasteiger partial charge in [0.1, 0.15) is 17.2 Å². The highest BCUT2D eigenvalue weighted by molar-refractivity contribution is 7.92. The van der Waals surface area contributed by atoms with Gasteiger partial charge in [0, 0.05) is 12.8 Å².